The Hall–Kier alpha value is -1.93. The van der Waals surface area contributed by atoms with Crippen LogP contribution in [0.2, 0.25) is 0 Å². The van der Waals surface area contributed by atoms with Crippen LogP contribution in [-0.2, 0) is 14.8 Å². The third-order valence-electron chi connectivity index (χ3n) is 4.23. The van der Waals surface area contributed by atoms with Gasteiger partial charge in [-0.3, -0.25) is 4.79 Å². The number of hydrogen-bond donors (Lipinski definition) is 3. The lowest BCUT2D eigenvalue weighted by atomic mass is 9.81. The van der Waals surface area contributed by atoms with Gasteiger partial charge in [0.25, 0.3) is 5.91 Å². The first kappa shape index (κ1) is 18.4. The molecule has 1 fully saturated rings. The minimum atomic E-state index is -3.58. The normalized spacial score (nSPS) is 17.2. The summed E-state index contributed by atoms with van der Waals surface area (Å²) in [5, 5.41) is 12.1. The first-order valence-electron chi connectivity index (χ1n) is 7.96. The molecule has 1 aromatic rings. The van der Waals surface area contributed by atoms with Crippen LogP contribution in [0.15, 0.2) is 29.2 Å². The molecule has 0 aliphatic heterocycles. The summed E-state index contributed by atoms with van der Waals surface area (Å²) in [5.41, 5.74) is -0.999. The third-order valence-corrected chi connectivity index (χ3v) is 5.79. The smallest absolute Gasteiger partial charge is 0.329 e. The SMILES string of the molecule is CCNS(=O)(=O)c1ccc(C(=O)NC2(C(=O)O)CCCCC2)cc1. The summed E-state index contributed by atoms with van der Waals surface area (Å²) in [6.07, 6.45) is 3.28. The largest absolute Gasteiger partial charge is 0.480 e. The second kappa shape index (κ2) is 7.31. The average molecular weight is 354 g/mol. The molecule has 1 aliphatic carbocycles. The minimum absolute atomic E-state index is 0.0616. The van der Waals surface area contributed by atoms with Crippen molar-refractivity contribution in [1.29, 1.82) is 0 Å². The molecule has 1 aromatic carbocycles. The molecule has 8 heteroatoms. The van der Waals surface area contributed by atoms with E-state index in [1.54, 1.807) is 6.92 Å². The first-order chi connectivity index (χ1) is 11.3. The zero-order chi connectivity index (χ0) is 17.8. The number of benzene rings is 1. The molecule has 1 amide bonds. The van der Waals surface area contributed by atoms with E-state index >= 15 is 0 Å². The molecule has 0 aromatic heterocycles. The quantitative estimate of drug-likeness (QED) is 0.717. The zero-order valence-corrected chi connectivity index (χ0v) is 14.4. The maximum atomic E-state index is 12.4. The molecular weight excluding hydrogens is 332 g/mol. The van der Waals surface area contributed by atoms with Crippen LogP contribution in [0.5, 0.6) is 0 Å². The van der Waals surface area contributed by atoms with Crippen LogP contribution >= 0.6 is 0 Å². The van der Waals surface area contributed by atoms with E-state index in [4.69, 9.17) is 0 Å². The molecule has 3 N–H and O–H groups in total. The van der Waals surface area contributed by atoms with Crippen LogP contribution in [-0.4, -0.2) is 37.5 Å². The van der Waals surface area contributed by atoms with E-state index in [2.05, 4.69) is 10.0 Å². The number of carbonyl (C=O) groups excluding carboxylic acids is 1. The van der Waals surface area contributed by atoms with Gasteiger partial charge < -0.3 is 10.4 Å². The van der Waals surface area contributed by atoms with Gasteiger partial charge in [0.15, 0.2) is 0 Å². The van der Waals surface area contributed by atoms with Gasteiger partial charge in [-0.2, -0.15) is 0 Å². The molecular formula is C16H22N2O5S. The highest BCUT2D eigenvalue weighted by Gasteiger charge is 2.41. The van der Waals surface area contributed by atoms with Gasteiger partial charge in [0.1, 0.15) is 5.54 Å². The van der Waals surface area contributed by atoms with Gasteiger partial charge in [0.05, 0.1) is 4.90 Å². The van der Waals surface area contributed by atoms with Crippen molar-refractivity contribution >= 4 is 21.9 Å². The van der Waals surface area contributed by atoms with Crippen molar-refractivity contribution in [3.63, 3.8) is 0 Å². The highest BCUT2D eigenvalue weighted by Crippen LogP contribution is 2.29. The van der Waals surface area contributed by atoms with Crippen LogP contribution in [0.1, 0.15) is 49.4 Å². The molecule has 24 heavy (non-hydrogen) atoms. The Bertz CT molecular complexity index is 706. The fourth-order valence-electron chi connectivity index (χ4n) is 2.90. The fourth-order valence-corrected chi connectivity index (χ4v) is 3.94. The van der Waals surface area contributed by atoms with Gasteiger partial charge in [-0.05, 0) is 37.1 Å². The standard InChI is InChI=1S/C16H22N2O5S/c1-2-17-24(22,23)13-8-6-12(7-9-13)14(19)18-16(15(20)21)10-4-3-5-11-16/h6-9,17H,2-5,10-11H2,1H3,(H,18,19)(H,20,21). The lowest BCUT2D eigenvalue weighted by Gasteiger charge is -2.34. The van der Waals surface area contributed by atoms with Crippen LogP contribution in [0, 0.1) is 0 Å². The Labute approximate surface area is 141 Å². The van der Waals surface area contributed by atoms with Crippen molar-refractivity contribution in [3.05, 3.63) is 29.8 Å². The van der Waals surface area contributed by atoms with E-state index in [0.29, 0.717) is 12.8 Å². The van der Waals surface area contributed by atoms with Gasteiger partial charge >= 0.3 is 5.97 Å². The summed E-state index contributed by atoms with van der Waals surface area (Å²) in [5.74, 6) is -1.53. The van der Waals surface area contributed by atoms with Gasteiger partial charge in [-0.25, -0.2) is 17.9 Å². The van der Waals surface area contributed by atoms with E-state index in [1.807, 2.05) is 0 Å². The zero-order valence-electron chi connectivity index (χ0n) is 13.5. The van der Waals surface area contributed by atoms with E-state index < -0.39 is 27.4 Å². The summed E-state index contributed by atoms with van der Waals surface area (Å²) >= 11 is 0. The van der Waals surface area contributed by atoms with Crippen LogP contribution in [0.4, 0.5) is 0 Å². The molecule has 0 radical (unpaired) electrons. The third kappa shape index (κ3) is 3.93. The van der Waals surface area contributed by atoms with Crippen molar-refractivity contribution in [2.45, 2.75) is 49.5 Å². The van der Waals surface area contributed by atoms with E-state index in [-0.39, 0.29) is 17.0 Å². The van der Waals surface area contributed by atoms with Crippen LogP contribution in [0.25, 0.3) is 0 Å². The molecule has 0 saturated heterocycles. The van der Waals surface area contributed by atoms with Crippen molar-refractivity contribution < 1.29 is 23.1 Å². The number of aliphatic carboxylic acids is 1. The lowest BCUT2D eigenvalue weighted by molar-refractivity contribution is -0.145. The molecule has 1 saturated carbocycles. The number of amides is 1. The number of carboxylic acid groups (broad SMARTS) is 1. The van der Waals surface area contributed by atoms with E-state index in [1.165, 1.54) is 24.3 Å². The van der Waals surface area contributed by atoms with Gasteiger partial charge in [0.2, 0.25) is 10.0 Å². The average Bonchev–Trinajstić information content (AvgIpc) is 2.55. The number of carbonyl (C=O) groups is 2. The fraction of sp³-hybridized carbons (Fsp3) is 0.500. The van der Waals surface area contributed by atoms with E-state index in [0.717, 1.165) is 19.3 Å². The number of hydrogen-bond acceptors (Lipinski definition) is 4. The molecule has 0 unspecified atom stereocenters. The maximum absolute atomic E-state index is 12.4. The Morgan fingerprint density at radius 3 is 2.21 bits per heavy atom. The lowest BCUT2D eigenvalue weighted by Crippen LogP contribution is -2.55. The number of rotatable bonds is 6. The molecule has 0 heterocycles. The van der Waals surface area contributed by atoms with Crippen molar-refractivity contribution in [2.75, 3.05) is 6.54 Å². The van der Waals surface area contributed by atoms with Gasteiger partial charge in [-0.15, -0.1) is 0 Å². The summed E-state index contributed by atoms with van der Waals surface area (Å²) in [7, 11) is -3.58. The molecule has 0 spiro atoms. The van der Waals surface area contributed by atoms with Crippen molar-refractivity contribution in [1.82, 2.24) is 10.0 Å². The van der Waals surface area contributed by atoms with Crippen LogP contribution in [0.3, 0.4) is 0 Å². The molecule has 1 aliphatic rings. The second-order valence-corrected chi connectivity index (χ2v) is 7.69. The molecule has 132 valence electrons. The molecule has 2 rings (SSSR count). The highest BCUT2D eigenvalue weighted by atomic mass is 32.2. The predicted molar refractivity (Wildman–Crippen MR) is 88.2 cm³/mol. The molecule has 7 nitrogen and oxygen atoms in total. The molecule has 0 atom stereocenters. The first-order valence-corrected chi connectivity index (χ1v) is 9.45. The van der Waals surface area contributed by atoms with Gasteiger partial charge in [-0.1, -0.05) is 26.2 Å². The van der Waals surface area contributed by atoms with Crippen molar-refractivity contribution in [2.24, 2.45) is 0 Å². The monoisotopic (exact) mass is 354 g/mol. The number of sulfonamides is 1. The molecule has 0 bridgehead atoms. The number of nitrogens with one attached hydrogen (secondary N) is 2. The Balaban J connectivity index is 2.16. The van der Waals surface area contributed by atoms with Crippen molar-refractivity contribution in [3.8, 4) is 0 Å². The summed E-state index contributed by atoms with van der Waals surface area (Å²) < 4.78 is 26.1. The predicted octanol–water partition coefficient (Wildman–Crippen LogP) is 1.50. The Morgan fingerprint density at radius 2 is 1.71 bits per heavy atom. The second-order valence-electron chi connectivity index (χ2n) is 5.93. The van der Waals surface area contributed by atoms with Gasteiger partial charge in [0, 0.05) is 12.1 Å². The minimum Gasteiger partial charge on any atom is -0.480 e. The summed E-state index contributed by atoms with van der Waals surface area (Å²) in [6.45, 7) is 1.95. The number of carboxylic acids is 1. The Morgan fingerprint density at radius 1 is 1.12 bits per heavy atom. The summed E-state index contributed by atoms with van der Waals surface area (Å²) in [6, 6.07) is 5.44. The Kier molecular flexibility index (Phi) is 5.61. The maximum Gasteiger partial charge on any atom is 0.329 e. The topological polar surface area (TPSA) is 113 Å². The van der Waals surface area contributed by atoms with E-state index in [9.17, 15) is 23.1 Å². The van der Waals surface area contributed by atoms with Crippen LogP contribution < -0.4 is 10.0 Å². The highest BCUT2D eigenvalue weighted by molar-refractivity contribution is 7.89. The summed E-state index contributed by atoms with van der Waals surface area (Å²) in [4.78, 5) is 24.0.